The monoisotopic (exact) mass is 309 g/mol. The number of esters is 1. The van der Waals surface area contributed by atoms with Crippen molar-refractivity contribution < 1.29 is 9.53 Å². The molecule has 0 aliphatic carbocycles. The van der Waals surface area contributed by atoms with Crippen LogP contribution in [-0.2, 0) is 4.74 Å². The number of methoxy groups -OCH3 is 1. The van der Waals surface area contributed by atoms with Gasteiger partial charge in [0.15, 0.2) is 0 Å². The fourth-order valence-corrected chi connectivity index (χ4v) is 1.43. The molecule has 0 aliphatic heterocycles. The second kappa shape index (κ2) is 9.36. The van der Waals surface area contributed by atoms with Gasteiger partial charge in [0.25, 0.3) is 0 Å². The first-order valence-electron chi connectivity index (χ1n) is 5.11. The van der Waals surface area contributed by atoms with Crippen LogP contribution >= 0.6 is 15.9 Å². The van der Waals surface area contributed by atoms with E-state index < -0.39 is 0 Å². The van der Waals surface area contributed by atoms with Crippen molar-refractivity contribution in [3.05, 3.63) is 48.0 Å². The molecule has 0 fully saturated rings. The van der Waals surface area contributed by atoms with E-state index >= 15 is 0 Å². The first kappa shape index (κ1) is 16.3. The summed E-state index contributed by atoms with van der Waals surface area (Å²) in [5.74, 6) is 1.52. The van der Waals surface area contributed by atoms with Gasteiger partial charge in [0.1, 0.15) is 0 Å². The minimum Gasteiger partial charge on any atom is -0.465 e. The fourth-order valence-electron chi connectivity index (χ4n) is 1.43. The molecule has 2 aromatic carbocycles. The molecule has 4 heteroatoms. The molecule has 0 unspecified atom stereocenters. The van der Waals surface area contributed by atoms with Crippen LogP contribution in [0.3, 0.4) is 0 Å². The maximum absolute atomic E-state index is 11.2. The van der Waals surface area contributed by atoms with Crippen LogP contribution in [0.2, 0.25) is 0 Å². The van der Waals surface area contributed by atoms with Crippen molar-refractivity contribution in [2.75, 3.05) is 12.9 Å². The average molecular weight is 310 g/mol. The van der Waals surface area contributed by atoms with Gasteiger partial charge in [-0.3, -0.25) is 0 Å². The lowest BCUT2D eigenvalue weighted by Gasteiger charge is -2.01. The molecule has 1 N–H and O–H groups in total. The summed E-state index contributed by atoms with van der Waals surface area (Å²) in [6.45, 7) is 2.50. The van der Waals surface area contributed by atoms with E-state index in [9.17, 15) is 4.79 Å². The number of fused-ring (bicyclic) bond motifs is 1. The van der Waals surface area contributed by atoms with Gasteiger partial charge in [-0.1, -0.05) is 46.3 Å². The maximum Gasteiger partial charge on any atom is 0.337 e. The van der Waals surface area contributed by atoms with Gasteiger partial charge in [-0.2, -0.15) is 0 Å². The molecule has 18 heavy (non-hydrogen) atoms. The minimum absolute atomic E-state index is 0.296. The highest BCUT2D eigenvalue weighted by Gasteiger charge is 2.04. The molecule has 0 atom stereocenters. The molecule has 96 valence electrons. The number of halogens is 1. The highest BCUT2D eigenvalue weighted by atomic mass is 79.9. The lowest BCUT2D eigenvalue weighted by Crippen LogP contribution is -2.00. The largest absolute Gasteiger partial charge is 0.465 e. The molecule has 0 aliphatic rings. The van der Waals surface area contributed by atoms with Crippen LogP contribution in [0.25, 0.3) is 10.8 Å². The third-order valence-corrected chi connectivity index (χ3v) is 2.17. The zero-order valence-electron chi connectivity index (χ0n) is 10.4. The molecule has 0 radical (unpaired) electrons. The quantitative estimate of drug-likeness (QED) is 0.493. The van der Waals surface area contributed by atoms with Gasteiger partial charge in [-0.15, -0.1) is 0 Å². The highest BCUT2D eigenvalue weighted by Crippen LogP contribution is 2.15. The van der Waals surface area contributed by atoms with Gasteiger partial charge in [-0.05, 0) is 35.5 Å². The molecule has 2 aromatic rings. The molecule has 2 rings (SSSR count). The standard InChI is InChI=1S/C12H10O2.CH3Br.CH3N/c1-14-12(13)11-7-6-9-4-2-3-5-10(9)8-11;2*1-2/h2-8H,1H3;1H3;2H,1H2. The van der Waals surface area contributed by atoms with Crippen molar-refractivity contribution in [3.8, 4) is 0 Å². The number of rotatable bonds is 1. The van der Waals surface area contributed by atoms with Gasteiger partial charge in [0.05, 0.1) is 12.7 Å². The summed E-state index contributed by atoms with van der Waals surface area (Å²) in [6.07, 6.45) is 0. The second-order valence-electron chi connectivity index (χ2n) is 3.05. The van der Waals surface area contributed by atoms with Crippen LogP contribution in [0.4, 0.5) is 0 Å². The summed E-state index contributed by atoms with van der Waals surface area (Å²) >= 11 is 2.94. The van der Waals surface area contributed by atoms with E-state index in [-0.39, 0.29) is 5.97 Å². The molecule has 0 spiro atoms. The molecular weight excluding hydrogens is 294 g/mol. The lowest BCUT2D eigenvalue weighted by atomic mass is 10.1. The van der Waals surface area contributed by atoms with Crippen molar-refractivity contribution in [2.24, 2.45) is 0 Å². The third-order valence-electron chi connectivity index (χ3n) is 2.17. The molecule has 0 heterocycles. The van der Waals surface area contributed by atoms with E-state index in [2.05, 4.69) is 27.4 Å². The normalized spacial score (nSPS) is 8.39. The van der Waals surface area contributed by atoms with Gasteiger partial charge in [0, 0.05) is 0 Å². The number of alkyl halides is 1. The topological polar surface area (TPSA) is 50.1 Å². The van der Waals surface area contributed by atoms with Crippen molar-refractivity contribution in [2.45, 2.75) is 0 Å². The maximum atomic E-state index is 11.2. The Morgan fingerprint density at radius 1 is 1.11 bits per heavy atom. The Bertz CT molecular complexity index is 500. The van der Waals surface area contributed by atoms with Crippen molar-refractivity contribution in [3.63, 3.8) is 0 Å². The zero-order chi connectivity index (χ0) is 14.0. The summed E-state index contributed by atoms with van der Waals surface area (Å²) < 4.78 is 4.65. The second-order valence-corrected chi connectivity index (χ2v) is 3.05. The molecule has 0 amide bonds. The lowest BCUT2D eigenvalue weighted by molar-refractivity contribution is 0.0601. The van der Waals surface area contributed by atoms with E-state index in [1.165, 1.54) is 7.11 Å². The van der Waals surface area contributed by atoms with E-state index in [0.29, 0.717) is 5.56 Å². The molecule has 0 aromatic heterocycles. The van der Waals surface area contributed by atoms with E-state index in [1.807, 2.05) is 42.2 Å². The number of carbonyl (C=O) groups is 1. The zero-order valence-corrected chi connectivity index (χ0v) is 12.0. The Balaban J connectivity index is 0.000000659. The van der Waals surface area contributed by atoms with Gasteiger partial charge in [0.2, 0.25) is 0 Å². The fraction of sp³-hybridized carbons (Fsp3) is 0.143. The predicted molar refractivity (Wildman–Crippen MR) is 80.0 cm³/mol. The van der Waals surface area contributed by atoms with Crippen LogP contribution in [-0.4, -0.2) is 25.6 Å². The van der Waals surface area contributed by atoms with Gasteiger partial charge in [-0.25, -0.2) is 4.79 Å². The SMILES string of the molecule is C=N.CBr.COC(=O)c1ccc2ccccc2c1. The van der Waals surface area contributed by atoms with Gasteiger partial charge < -0.3 is 10.1 Å². The third kappa shape index (κ3) is 4.30. The summed E-state index contributed by atoms with van der Waals surface area (Å²) in [7, 11) is 1.39. The van der Waals surface area contributed by atoms with Crippen molar-refractivity contribution in [1.29, 1.82) is 5.41 Å². The Morgan fingerprint density at radius 2 is 1.67 bits per heavy atom. The van der Waals surface area contributed by atoms with Crippen molar-refractivity contribution in [1.82, 2.24) is 0 Å². The summed E-state index contributed by atoms with van der Waals surface area (Å²) in [5.41, 5.74) is 0.589. The van der Waals surface area contributed by atoms with Crippen LogP contribution in [0.15, 0.2) is 42.5 Å². The van der Waals surface area contributed by atoms with E-state index in [0.717, 1.165) is 10.8 Å². The summed E-state index contributed by atoms with van der Waals surface area (Å²) in [4.78, 5) is 11.2. The molecular formula is C14H16BrNO2. The predicted octanol–water partition coefficient (Wildman–Crippen LogP) is 3.90. The summed E-state index contributed by atoms with van der Waals surface area (Å²) in [6, 6.07) is 13.4. The molecule has 0 saturated carbocycles. The van der Waals surface area contributed by atoms with E-state index in [1.54, 1.807) is 6.07 Å². The molecule has 3 nitrogen and oxygen atoms in total. The van der Waals surface area contributed by atoms with Crippen LogP contribution in [0.1, 0.15) is 10.4 Å². The first-order valence-corrected chi connectivity index (χ1v) is 6.70. The minimum atomic E-state index is -0.296. The number of carbonyl (C=O) groups excluding carboxylic acids is 1. The van der Waals surface area contributed by atoms with Crippen LogP contribution in [0.5, 0.6) is 0 Å². The Kier molecular flexibility index (Phi) is 8.49. The number of hydrogen-bond donors (Lipinski definition) is 1. The highest BCUT2D eigenvalue weighted by molar-refractivity contribution is 9.08. The average Bonchev–Trinajstić information content (AvgIpc) is 2.50. The first-order chi connectivity index (χ1) is 8.81. The van der Waals surface area contributed by atoms with E-state index in [4.69, 9.17) is 5.41 Å². The number of nitrogens with one attached hydrogen (secondary N) is 1. The Hall–Kier alpha value is -1.68. The molecule has 0 saturated heterocycles. The summed E-state index contributed by atoms with van der Waals surface area (Å²) in [5, 5.41) is 7.68. The number of benzene rings is 2. The van der Waals surface area contributed by atoms with Crippen molar-refractivity contribution >= 4 is 39.4 Å². The van der Waals surface area contributed by atoms with Crippen LogP contribution < -0.4 is 0 Å². The number of hydrogen-bond acceptors (Lipinski definition) is 3. The van der Waals surface area contributed by atoms with Crippen LogP contribution in [0, 0.1) is 5.41 Å². The molecule has 0 bridgehead atoms. The smallest absolute Gasteiger partial charge is 0.337 e. The van der Waals surface area contributed by atoms with Gasteiger partial charge >= 0.3 is 5.97 Å². The number of ether oxygens (including phenoxy) is 1. The Morgan fingerprint density at radius 3 is 2.22 bits per heavy atom. The Labute approximate surface area is 115 Å².